The highest BCUT2D eigenvalue weighted by Crippen LogP contribution is 2.23. The summed E-state index contributed by atoms with van der Waals surface area (Å²) in [6.07, 6.45) is 0.391. The molecule has 5 nitrogen and oxygen atoms in total. The lowest BCUT2D eigenvalue weighted by Crippen LogP contribution is -2.41. The molecule has 0 saturated carbocycles. The van der Waals surface area contributed by atoms with Gasteiger partial charge in [-0.2, -0.15) is 0 Å². The number of amides is 1. The molecule has 0 aliphatic carbocycles. The van der Waals surface area contributed by atoms with Gasteiger partial charge in [-0.05, 0) is 41.3 Å². The molecule has 0 bridgehead atoms. The molecule has 1 atom stereocenters. The lowest BCUT2D eigenvalue weighted by molar-refractivity contribution is -0.133. The Kier molecular flexibility index (Phi) is 5.31. The topological polar surface area (TPSA) is 71.5 Å². The quantitative estimate of drug-likeness (QED) is 0.814. The van der Waals surface area contributed by atoms with Gasteiger partial charge in [-0.25, -0.2) is 4.98 Å². The highest BCUT2D eigenvalue weighted by atomic mass is 79.9. The first kappa shape index (κ1) is 15.9. The van der Waals surface area contributed by atoms with Crippen LogP contribution in [0.5, 0.6) is 5.88 Å². The fourth-order valence-electron chi connectivity index (χ4n) is 1.80. The summed E-state index contributed by atoms with van der Waals surface area (Å²) in [6, 6.07) is 3.24. The summed E-state index contributed by atoms with van der Waals surface area (Å²) in [6.45, 7) is 5.41. The van der Waals surface area contributed by atoms with Crippen molar-refractivity contribution in [2.45, 2.75) is 32.8 Å². The third-order valence-electron chi connectivity index (χ3n) is 2.53. The Morgan fingerprint density at radius 1 is 1.58 bits per heavy atom. The molecule has 0 aromatic carbocycles. The molecule has 1 aromatic rings. The van der Waals surface area contributed by atoms with Gasteiger partial charge in [0.1, 0.15) is 10.2 Å². The third kappa shape index (κ3) is 4.80. The van der Waals surface area contributed by atoms with Gasteiger partial charge in [0.05, 0.1) is 7.11 Å². The van der Waals surface area contributed by atoms with Crippen molar-refractivity contribution in [1.82, 2.24) is 4.98 Å². The van der Waals surface area contributed by atoms with Crippen LogP contribution in [0.2, 0.25) is 0 Å². The van der Waals surface area contributed by atoms with Crippen LogP contribution in [0.4, 0.5) is 5.69 Å². The zero-order valence-electron chi connectivity index (χ0n) is 11.5. The molecule has 0 fully saturated rings. The molecule has 0 unspecified atom stereocenters. The highest BCUT2D eigenvalue weighted by molar-refractivity contribution is 9.10. The van der Waals surface area contributed by atoms with Crippen molar-refractivity contribution < 1.29 is 14.6 Å². The van der Waals surface area contributed by atoms with Crippen molar-refractivity contribution in [1.29, 1.82) is 0 Å². The summed E-state index contributed by atoms with van der Waals surface area (Å²) in [5, 5.41) is 12.8. The first-order valence-electron chi connectivity index (χ1n) is 6.00. The Morgan fingerprint density at radius 2 is 2.21 bits per heavy atom. The summed E-state index contributed by atoms with van der Waals surface area (Å²) < 4.78 is 5.56. The smallest absolute Gasteiger partial charge is 0.256 e. The van der Waals surface area contributed by atoms with Crippen LogP contribution < -0.4 is 10.1 Å². The number of pyridine rings is 1. The molecular formula is C13H19BrN2O3. The van der Waals surface area contributed by atoms with E-state index in [1.54, 1.807) is 12.1 Å². The SMILES string of the molecule is COc1cc(NC(=O)[C@@](C)(O)CC(C)C)cc(Br)n1. The molecule has 6 heteroatoms. The van der Waals surface area contributed by atoms with E-state index in [4.69, 9.17) is 4.74 Å². The summed E-state index contributed by atoms with van der Waals surface area (Å²) in [5.41, 5.74) is -0.885. The number of methoxy groups -OCH3 is 1. The van der Waals surface area contributed by atoms with E-state index in [0.29, 0.717) is 22.6 Å². The molecule has 1 amide bonds. The molecule has 106 valence electrons. The van der Waals surface area contributed by atoms with E-state index in [2.05, 4.69) is 26.2 Å². The number of nitrogens with zero attached hydrogens (tertiary/aromatic N) is 1. The van der Waals surface area contributed by atoms with E-state index in [9.17, 15) is 9.90 Å². The molecule has 0 saturated heterocycles. The Morgan fingerprint density at radius 3 is 2.74 bits per heavy atom. The Balaban J connectivity index is 2.84. The van der Waals surface area contributed by atoms with Gasteiger partial charge in [0, 0.05) is 11.8 Å². The van der Waals surface area contributed by atoms with Crippen LogP contribution >= 0.6 is 15.9 Å². The fourth-order valence-corrected chi connectivity index (χ4v) is 2.22. The van der Waals surface area contributed by atoms with Gasteiger partial charge in [0.25, 0.3) is 5.91 Å². The third-order valence-corrected chi connectivity index (χ3v) is 2.94. The van der Waals surface area contributed by atoms with Gasteiger partial charge in [-0.3, -0.25) is 4.79 Å². The average molecular weight is 331 g/mol. The van der Waals surface area contributed by atoms with Crippen LogP contribution in [0.3, 0.4) is 0 Å². The Bertz CT molecular complexity index is 461. The zero-order valence-corrected chi connectivity index (χ0v) is 13.1. The number of carbonyl (C=O) groups excluding carboxylic acids is 1. The number of hydrogen-bond acceptors (Lipinski definition) is 4. The van der Waals surface area contributed by atoms with Gasteiger partial charge in [-0.15, -0.1) is 0 Å². The van der Waals surface area contributed by atoms with Crippen molar-refractivity contribution in [2.75, 3.05) is 12.4 Å². The van der Waals surface area contributed by atoms with Crippen molar-refractivity contribution in [3.8, 4) is 5.88 Å². The summed E-state index contributed by atoms with van der Waals surface area (Å²) in [7, 11) is 1.50. The lowest BCUT2D eigenvalue weighted by Gasteiger charge is -2.24. The molecule has 1 aromatic heterocycles. The summed E-state index contributed by atoms with van der Waals surface area (Å²) >= 11 is 3.23. The number of anilines is 1. The van der Waals surface area contributed by atoms with Gasteiger partial charge >= 0.3 is 0 Å². The van der Waals surface area contributed by atoms with Crippen molar-refractivity contribution in [3.05, 3.63) is 16.7 Å². The largest absolute Gasteiger partial charge is 0.481 e. The molecule has 0 aliphatic rings. The molecule has 0 radical (unpaired) electrons. The van der Waals surface area contributed by atoms with E-state index in [1.807, 2.05) is 13.8 Å². The zero-order chi connectivity index (χ0) is 14.6. The van der Waals surface area contributed by atoms with E-state index >= 15 is 0 Å². The van der Waals surface area contributed by atoms with E-state index in [-0.39, 0.29) is 5.92 Å². The molecule has 2 N–H and O–H groups in total. The minimum Gasteiger partial charge on any atom is -0.481 e. The van der Waals surface area contributed by atoms with Gasteiger partial charge in [0.15, 0.2) is 0 Å². The lowest BCUT2D eigenvalue weighted by atomic mass is 9.93. The first-order chi connectivity index (χ1) is 8.74. The van der Waals surface area contributed by atoms with Gasteiger partial charge in [-0.1, -0.05) is 13.8 Å². The normalized spacial score (nSPS) is 14.1. The fraction of sp³-hybridized carbons (Fsp3) is 0.538. The number of nitrogens with one attached hydrogen (secondary N) is 1. The predicted octanol–water partition coefficient (Wildman–Crippen LogP) is 2.59. The van der Waals surface area contributed by atoms with E-state index in [1.165, 1.54) is 14.0 Å². The van der Waals surface area contributed by atoms with E-state index in [0.717, 1.165) is 0 Å². The van der Waals surface area contributed by atoms with Crippen molar-refractivity contribution >= 4 is 27.5 Å². The summed E-state index contributed by atoms with van der Waals surface area (Å²) in [5.74, 6) is 0.161. The number of aliphatic hydroxyl groups is 1. The highest BCUT2D eigenvalue weighted by Gasteiger charge is 2.31. The molecule has 1 rings (SSSR count). The maximum atomic E-state index is 12.0. The van der Waals surface area contributed by atoms with Crippen LogP contribution in [0.1, 0.15) is 27.2 Å². The van der Waals surface area contributed by atoms with Crippen molar-refractivity contribution in [2.24, 2.45) is 5.92 Å². The maximum absolute atomic E-state index is 12.0. The summed E-state index contributed by atoms with van der Waals surface area (Å²) in [4.78, 5) is 16.1. The van der Waals surface area contributed by atoms with Crippen LogP contribution in [0.25, 0.3) is 0 Å². The monoisotopic (exact) mass is 330 g/mol. The van der Waals surface area contributed by atoms with Gasteiger partial charge in [0.2, 0.25) is 5.88 Å². The number of aromatic nitrogens is 1. The van der Waals surface area contributed by atoms with Crippen molar-refractivity contribution in [3.63, 3.8) is 0 Å². The standard InChI is InChI=1S/C13H19BrN2O3/c1-8(2)7-13(3,18)12(17)15-9-5-10(14)16-11(6-9)19-4/h5-6,8,18H,7H2,1-4H3,(H,15,16,17)/t13-/m0/s1. The first-order valence-corrected chi connectivity index (χ1v) is 6.79. The predicted molar refractivity (Wildman–Crippen MR) is 77.2 cm³/mol. The molecule has 19 heavy (non-hydrogen) atoms. The Labute approximate surface area is 121 Å². The maximum Gasteiger partial charge on any atom is 0.256 e. The number of ether oxygens (including phenoxy) is 1. The van der Waals surface area contributed by atoms with Crippen LogP contribution in [-0.4, -0.2) is 28.7 Å². The number of carbonyl (C=O) groups is 1. The number of rotatable bonds is 5. The van der Waals surface area contributed by atoms with Crippen LogP contribution in [0.15, 0.2) is 16.7 Å². The molecule has 0 spiro atoms. The molecule has 1 heterocycles. The average Bonchev–Trinajstić information content (AvgIpc) is 2.26. The molecule has 0 aliphatic heterocycles. The minimum absolute atomic E-state index is 0.222. The number of halogens is 1. The Hall–Kier alpha value is -1.14. The molecular weight excluding hydrogens is 312 g/mol. The van der Waals surface area contributed by atoms with Gasteiger partial charge < -0.3 is 15.2 Å². The van der Waals surface area contributed by atoms with Crippen LogP contribution in [0, 0.1) is 5.92 Å². The minimum atomic E-state index is -1.41. The second-order valence-electron chi connectivity index (χ2n) is 5.05. The van der Waals surface area contributed by atoms with Crippen LogP contribution in [-0.2, 0) is 4.79 Å². The second-order valence-corrected chi connectivity index (χ2v) is 5.86. The second kappa shape index (κ2) is 6.34. The van der Waals surface area contributed by atoms with E-state index < -0.39 is 11.5 Å². The number of hydrogen-bond donors (Lipinski definition) is 2.